The van der Waals surface area contributed by atoms with Gasteiger partial charge in [0.15, 0.2) is 5.76 Å². The number of aliphatic hydroxyl groups is 1. The van der Waals surface area contributed by atoms with Crippen molar-refractivity contribution < 1.29 is 9.52 Å². The average Bonchev–Trinajstić information content (AvgIpc) is 2.99. The van der Waals surface area contributed by atoms with Crippen molar-refractivity contribution in [1.29, 1.82) is 0 Å². The van der Waals surface area contributed by atoms with E-state index < -0.39 is 0 Å². The molecule has 0 unspecified atom stereocenters. The minimum atomic E-state index is 0.252. The Morgan fingerprint density at radius 1 is 1.24 bits per heavy atom. The second-order valence-electron chi connectivity index (χ2n) is 5.62. The monoisotopic (exact) mass is 286 g/mol. The van der Waals surface area contributed by atoms with Gasteiger partial charge in [0.2, 0.25) is 5.89 Å². The Morgan fingerprint density at radius 3 is 2.90 bits per heavy atom. The third-order valence-electron chi connectivity index (χ3n) is 4.16. The van der Waals surface area contributed by atoms with Crippen molar-refractivity contribution in [2.75, 3.05) is 13.2 Å². The van der Waals surface area contributed by atoms with E-state index in [1.165, 1.54) is 12.8 Å². The highest BCUT2D eigenvalue weighted by Gasteiger charge is 2.23. The van der Waals surface area contributed by atoms with Gasteiger partial charge in [0, 0.05) is 18.2 Å². The first-order valence-electron chi connectivity index (χ1n) is 7.72. The first kappa shape index (κ1) is 14.3. The van der Waals surface area contributed by atoms with Crippen molar-refractivity contribution in [2.24, 2.45) is 0 Å². The third-order valence-corrected chi connectivity index (χ3v) is 4.16. The summed E-state index contributed by atoms with van der Waals surface area (Å²) >= 11 is 0. The number of hydrogen-bond donors (Lipinski definition) is 1. The van der Waals surface area contributed by atoms with Crippen molar-refractivity contribution in [2.45, 2.75) is 38.3 Å². The smallest absolute Gasteiger partial charge is 0.209 e. The molecule has 0 spiro atoms. The molecule has 0 aliphatic carbocycles. The molecule has 1 aliphatic heterocycles. The van der Waals surface area contributed by atoms with Crippen molar-refractivity contribution in [3.63, 3.8) is 0 Å². The van der Waals surface area contributed by atoms with Crippen molar-refractivity contribution in [1.82, 2.24) is 9.88 Å². The summed E-state index contributed by atoms with van der Waals surface area (Å²) in [4.78, 5) is 6.80. The van der Waals surface area contributed by atoms with Crippen molar-refractivity contribution in [3.8, 4) is 11.3 Å². The highest BCUT2D eigenvalue weighted by molar-refractivity contribution is 5.55. The molecular weight excluding hydrogens is 264 g/mol. The van der Waals surface area contributed by atoms with Crippen molar-refractivity contribution in [3.05, 3.63) is 42.4 Å². The van der Waals surface area contributed by atoms with E-state index in [2.05, 4.69) is 9.88 Å². The normalized spacial score (nSPS) is 19.8. The Labute approximate surface area is 125 Å². The first-order valence-corrected chi connectivity index (χ1v) is 7.72. The molecule has 1 N–H and O–H groups in total. The lowest BCUT2D eigenvalue weighted by molar-refractivity contribution is 0.103. The van der Waals surface area contributed by atoms with Crippen molar-refractivity contribution >= 4 is 0 Å². The molecule has 4 nitrogen and oxygen atoms in total. The fourth-order valence-corrected chi connectivity index (χ4v) is 3.04. The minimum Gasteiger partial charge on any atom is -0.439 e. The van der Waals surface area contributed by atoms with E-state index in [0.717, 1.165) is 43.1 Å². The van der Waals surface area contributed by atoms with Gasteiger partial charge in [0.05, 0.1) is 12.7 Å². The van der Waals surface area contributed by atoms with Crippen LogP contribution in [0.25, 0.3) is 11.3 Å². The number of nitrogens with zero attached hydrogens (tertiary/aromatic N) is 2. The number of rotatable bonds is 5. The van der Waals surface area contributed by atoms with Crippen LogP contribution in [0, 0.1) is 0 Å². The molecule has 2 heterocycles. The van der Waals surface area contributed by atoms with E-state index in [4.69, 9.17) is 4.42 Å². The van der Waals surface area contributed by atoms with Crippen LogP contribution in [0.2, 0.25) is 0 Å². The predicted octanol–water partition coefficient (Wildman–Crippen LogP) is 3.08. The molecule has 2 aromatic rings. The van der Waals surface area contributed by atoms with Crippen LogP contribution in [0.3, 0.4) is 0 Å². The van der Waals surface area contributed by atoms with Crippen LogP contribution >= 0.6 is 0 Å². The number of oxazole rings is 1. The summed E-state index contributed by atoms with van der Waals surface area (Å²) in [5, 5.41) is 9.19. The highest BCUT2D eigenvalue weighted by Crippen LogP contribution is 2.24. The molecule has 1 aliphatic rings. The molecule has 1 atom stereocenters. The first-order chi connectivity index (χ1) is 10.4. The summed E-state index contributed by atoms with van der Waals surface area (Å²) in [6.07, 6.45) is 6.27. The Morgan fingerprint density at radius 2 is 2.10 bits per heavy atom. The van der Waals surface area contributed by atoms with Crippen LogP contribution in [0.1, 0.15) is 31.6 Å². The summed E-state index contributed by atoms with van der Waals surface area (Å²) < 4.78 is 5.88. The lowest BCUT2D eigenvalue weighted by Gasteiger charge is -2.34. The topological polar surface area (TPSA) is 49.5 Å². The molecule has 0 radical (unpaired) electrons. The van der Waals surface area contributed by atoms with Crippen LogP contribution in [-0.4, -0.2) is 34.2 Å². The summed E-state index contributed by atoms with van der Waals surface area (Å²) in [5.74, 6) is 1.58. The standard InChI is InChI=1S/C17H22N2O2/c20-11-9-15-8-4-5-10-19(15)13-17-18-12-16(21-17)14-6-2-1-3-7-14/h1-3,6-7,12,15,20H,4-5,8-11,13H2/t15-/m0/s1. The largest absolute Gasteiger partial charge is 0.439 e. The zero-order chi connectivity index (χ0) is 14.5. The van der Waals surface area contributed by atoms with E-state index >= 15 is 0 Å². The number of piperidine rings is 1. The zero-order valence-electron chi connectivity index (χ0n) is 12.2. The molecule has 0 amide bonds. The van der Waals surface area contributed by atoms with Gasteiger partial charge in [-0.05, 0) is 25.8 Å². The Bertz CT molecular complexity index is 551. The number of hydrogen-bond acceptors (Lipinski definition) is 4. The number of likely N-dealkylation sites (tertiary alicyclic amines) is 1. The molecule has 0 bridgehead atoms. The minimum absolute atomic E-state index is 0.252. The summed E-state index contributed by atoms with van der Waals surface area (Å²) in [5.41, 5.74) is 1.06. The fraction of sp³-hybridized carbons (Fsp3) is 0.471. The van der Waals surface area contributed by atoms with Gasteiger partial charge in [-0.15, -0.1) is 0 Å². The summed E-state index contributed by atoms with van der Waals surface area (Å²) in [7, 11) is 0. The second-order valence-corrected chi connectivity index (χ2v) is 5.62. The maximum Gasteiger partial charge on any atom is 0.209 e. The molecule has 3 rings (SSSR count). The average molecular weight is 286 g/mol. The Hall–Kier alpha value is -1.65. The van der Waals surface area contributed by atoms with Gasteiger partial charge >= 0.3 is 0 Å². The zero-order valence-corrected chi connectivity index (χ0v) is 12.2. The van der Waals surface area contributed by atoms with Gasteiger partial charge in [-0.3, -0.25) is 4.90 Å². The molecule has 1 aromatic carbocycles. The predicted molar refractivity (Wildman–Crippen MR) is 81.7 cm³/mol. The Kier molecular flexibility index (Phi) is 4.68. The van der Waals surface area contributed by atoms with E-state index in [9.17, 15) is 5.11 Å². The van der Waals surface area contributed by atoms with Crippen LogP contribution in [0.15, 0.2) is 40.9 Å². The maximum absolute atomic E-state index is 9.19. The SMILES string of the molecule is OCC[C@@H]1CCCCN1Cc1ncc(-c2ccccc2)o1. The quantitative estimate of drug-likeness (QED) is 0.917. The van der Waals surface area contributed by atoms with Crippen LogP contribution in [-0.2, 0) is 6.54 Å². The van der Waals surface area contributed by atoms with Crippen LogP contribution in [0.5, 0.6) is 0 Å². The molecule has 0 saturated carbocycles. The number of aliphatic hydroxyl groups excluding tert-OH is 1. The van der Waals surface area contributed by atoms with E-state index in [1.54, 1.807) is 6.20 Å². The molecule has 1 fully saturated rings. The molecule has 4 heteroatoms. The molecule has 21 heavy (non-hydrogen) atoms. The van der Waals surface area contributed by atoms with Gasteiger partial charge in [-0.2, -0.15) is 0 Å². The van der Waals surface area contributed by atoms with Crippen LogP contribution < -0.4 is 0 Å². The number of aromatic nitrogens is 1. The third kappa shape index (κ3) is 3.52. The second kappa shape index (κ2) is 6.87. The fourth-order valence-electron chi connectivity index (χ4n) is 3.04. The lowest BCUT2D eigenvalue weighted by atomic mass is 10.00. The number of benzene rings is 1. The van der Waals surface area contributed by atoms with Gasteiger partial charge in [-0.25, -0.2) is 4.98 Å². The molecular formula is C17H22N2O2. The van der Waals surface area contributed by atoms with Gasteiger partial charge in [-0.1, -0.05) is 36.8 Å². The van der Waals surface area contributed by atoms with E-state index in [0.29, 0.717) is 6.04 Å². The maximum atomic E-state index is 9.19. The van der Waals surface area contributed by atoms with Gasteiger partial charge in [0.1, 0.15) is 0 Å². The van der Waals surface area contributed by atoms with E-state index in [-0.39, 0.29) is 6.61 Å². The Balaban J connectivity index is 1.69. The molecule has 1 saturated heterocycles. The van der Waals surface area contributed by atoms with Crippen LogP contribution in [0.4, 0.5) is 0 Å². The van der Waals surface area contributed by atoms with E-state index in [1.807, 2.05) is 30.3 Å². The van der Waals surface area contributed by atoms with Gasteiger partial charge in [0.25, 0.3) is 0 Å². The molecule has 112 valence electrons. The molecule has 1 aromatic heterocycles. The lowest BCUT2D eigenvalue weighted by Crippen LogP contribution is -2.39. The van der Waals surface area contributed by atoms with Gasteiger partial charge < -0.3 is 9.52 Å². The highest BCUT2D eigenvalue weighted by atomic mass is 16.4. The summed E-state index contributed by atoms with van der Waals surface area (Å²) in [6, 6.07) is 10.5. The summed E-state index contributed by atoms with van der Waals surface area (Å²) in [6.45, 7) is 2.05.